The van der Waals surface area contributed by atoms with Crippen molar-refractivity contribution in [3.63, 3.8) is 0 Å². The van der Waals surface area contributed by atoms with Crippen LogP contribution >= 0.6 is 0 Å². The number of fused-ring (bicyclic) bond motifs is 4. The highest BCUT2D eigenvalue weighted by atomic mass is 19.1. The van der Waals surface area contributed by atoms with E-state index >= 15 is 4.39 Å². The predicted molar refractivity (Wildman–Crippen MR) is 143 cm³/mol. The van der Waals surface area contributed by atoms with E-state index in [1.54, 1.807) is 11.1 Å². The average molecular weight is 515 g/mol. The van der Waals surface area contributed by atoms with Gasteiger partial charge in [0.05, 0.1) is 24.3 Å². The van der Waals surface area contributed by atoms with E-state index in [0.717, 1.165) is 16.5 Å². The molecule has 9 heteroatoms. The molecule has 7 rings (SSSR count). The van der Waals surface area contributed by atoms with Crippen molar-refractivity contribution in [2.75, 3.05) is 50.8 Å². The molecule has 0 bridgehead atoms. The Morgan fingerprint density at radius 2 is 1.87 bits per heavy atom. The van der Waals surface area contributed by atoms with Gasteiger partial charge in [-0.25, -0.2) is 4.39 Å². The van der Waals surface area contributed by atoms with E-state index in [0.29, 0.717) is 68.6 Å². The smallest absolute Gasteiger partial charge is 0.259 e. The number of nitrogens with zero attached hydrogens (tertiary/aromatic N) is 3. The van der Waals surface area contributed by atoms with Crippen LogP contribution in [0.2, 0.25) is 0 Å². The van der Waals surface area contributed by atoms with Crippen LogP contribution in [-0.2, 0) is 4.74 Å². The number of hydrogen-bond acceptors (Lipinski definition) is 6. The molecule has 8 nitrogen and oxygen atoms in total. The molecule has 2 fully saturated rings. The maximum Gasteiger partial charge on any atom is 0.259 e. The lowest BCUT2D eigenvalue weighted by atomic mass is 10.0. The second kappa shape index (κ2) is 8.82. The van der Waals surface area contributed by atoms with Crippen molar-refractivity contribution in [1.29, 1.82) is 0 Å². The molecule has 0 spiro atoms. The number of anilines is 1. The monoisotopic (exact) mass is 514 g/mol. The summed E-state index contributed by atoms with van der Waals surface area (Å²) in [5.74, 6) is -0.0661. The molecule has 3 aliphatic rings. The normalized spacial score (nSPS) is 18.9. The van der Waals surface area contributed by atoms with Gasteiger partial charge in [-0.15, -0.1) is 0 Å². The fraction of sp³-hybridized carbons (Fsp3) is 0.310. The van der Waals surface area contributed by atoms with E-state index in [1.807, 2.05) is 52.8 Å². The first-order valence-electron chi connectivity index (χ1n) is 13.0. The largest absolute Gasteiger partial charge is 0.451 e. The van der Waals surface area contributed by atoms with Crippen LogP contribution in [0.4, 0.5) is 10.1 Å². The maximum absolute atomic E-state index is 16.0. The van der Waals surface area contributed by atoms with E-state index in [1.165, 1.54) is 6.07 Å². The van der Waals surface area contributed by atoms with Crippen LogP contribution in [0, 0.1) is 5.82 Å². The number of aromatic nitrogens is 1. The number of morpholine rings is 1. The lowest BCUT2D eigenvalue weighted by molar-refractivity contribution is 0.0302. The van der Waals surface area contributed by atoms with Gasteiger partial charge in [0.2, 0.25) is 5.43 Å². The Hall–Kier alpha value is -3.95. The molecule has 1 atom stereocenters. The van der Waals surface area contributed by atoms with Gasteiger partial charge in [0.15, 0.2) is 17.3 Å². The molecule has 1 N–H and O–H groups in total. The van der Waals surface area contributed by atoms with Crippen molar-refractivity contribution in [2.24, 2.45) is 0 Å². The summed E-state index contributed by atoms with van der Waals surface area (Å²) < 4.78 is 29.7. The van der Waals surface area contributed by atoms with E-state index in [2.05, 4.69) is 5.32 Å². The van der Waals surface area contributed by atoms with Crippen molar-refractivity contribution in [2.45, 2.75) is 13.0 Å². The zero-order valence-electron chi connectivity index (χ0n) is 21.0. The summed E-state index contributed by atoms with van der Waals surface area (Å²) >= 11 is 0. The van der Waals surface area contributed by atoms with Gasteiger partial charge < -0.3 is 29.2 Å². The third-order valence-corrected chi connectivity index (χ3v) is 7.80. The van der Waals surface area contributed by atoms with Crippen LogP contribution < -0.4 is 20.4 Å². The molecule has 4 aromatic rings. The highest BCUT2D eigenvalue weighted by Gasteiger charge is 2.34. The highest BCUT2D eigenvalue weighted by Crippen LogP contribution is 2.48. The van der Waals surface area contributed by atoms with E-state index in [4.69, 9.17) is 9.47 Å². The summed E-state index contributed by atoms with van der Waals surface area (Å²) in [6.07, 6.45) is 1.61. The van der Waals surface area contributed by atoms with E-state index in [-0.39, 0.29) is 22.9 Å². The lowest BCUT2D eigenvalue weighted by Gasteiger charge is -2.38. The first-order valence-corrected chi connectivity index (χ1v) is 13.0. The van der Waals surface area contributed by atoms with Crippen LogP contribution in [-0.4, -0.2) is 67.4 Å². The van der Waals surface area contributed by atoms with Gasteiger partial charge in [0.1, 0.15) is 16.8 Å². The highest BCUT2D eigenvalue weighted by molar-refractivity contribution is 6.04. The molecule has 1 aromatic heterocycles. The van der Waals surface area contributed by atoms with Crippen molar-refractivity contribution < 1.29 is 18.7 Å². The minimum Gasteiger partial charge on any atom is -0.451 e. The number of nitrogens with one attached hydrogen (secondary N) is 1. The molecule has 0 radical (unpaired) electrons. The molecule has 38 heavy (non-hydrogen) atoms. The summed E-state index contributed by atoms with van der Waals surface area (Å²) in [5, 5.41) is 5.36. The SMILES string of the molecule is CC1CNCCN1c1c(F)cc2c(=O)c(C(=O)N3CCOCC3)cn3c2c1Oc1ccc2ccccc2c1-3. The van der Waals surface area contributed by atoms with Crippen molar-refractivity contribution in [3.05, 3.63) is 70.3 Å². The van der Waals surface area contributed by atoms with Crippen molar-refractivity contribution in [1.82, 2.24) is 14.8 Å². The number of carbonyl (C=O) groups excluding carboxylic acids is 1. The first kappa shape index (κ1) is 23.2. The molecule has 1 unspecified atom stereocenters. The average Bonchev–Trinajstić information content (AvgIpc) is 2.95. The molecule has 3 aliphatic heterocycles. The fourth-order valence-corrected chi connectivity index (χ4v) is 5.89. The Morgan fingerprint density at radius 1 is 1.05 bits per heavy atom. The number of benzene rings is 3. The zero-order valence-corrected chi connectivity index (χ0v) is 21.0. The number of rotatable bonds is 2. The number of halogens is 1. The van der Waals surface area contributed by atoms with E-state index in [9.17, 15) is 9.59 Å². The van der Waals surface area contributed by atoms with Crippen LogP contribution in [0.25, 0.3) is 27.4 Å². The number of hydrogen-bond donors (Lipinski definition) is 1. The summed E-state index contributed by atoms with van der Waals surface area (Å²) in [7, 11) is 0. The van der Waals surface area contributed by atoms with Crippen LogP contribution in [0.15, 0.2) is 53.5 Å². The Kier molecular flexibility index (Phi) is 5.38. The van der Waals surface area contributed by atoms with Crippen LogP contribution in [0.3, 0.4) is 0 Å². The molecule has 4 heterocycles. The zero-order chi connectivity index (χ0) is 26.0. The Labute approximate surface area is 218 Å². The minimum absolute atomic E-state index is 0.00817. The molecule has 2 saturated heterocycles. The molecular weight excluding hydrogens is 487 g/mol. The van der Waals surface area contributed by atoms with Gasteiger partial charge in [-0.1, -0.05) is 30.3 Å². The van der Waals surface area contributed by atoms with Crippen LogP contribution in [0.5, 0.6) is 11.5 Å². The number of ether oxygens (including phenoxy) is 2. The fourth-order valence-electron chi connectivity index (χ4n) is 5.89. The minimum atomic E-state index is -0.537. The molecule has 1 amide bonds. The summed E-state index contributed by atoms with van der Waals surface area (Å²) in [6, 6.07) is 13.0. The van der Waals surface area contributed by atoms with Gasteiger partial charge in [0, 0.05) is 50.3 Å². The summed E-state index contributed by atoms with van der Waals surface area (Å²) in [6.45, 7) is 5.68. The standard InChI is InChI=1S/C29H27FN4O4/c1-17-15-31-8-9-33(17)26-22(30)14-20-25-28(26)38-23-7-6-18-4-2-3-5-19(18)24(23)34(25)16-21(27(20)35)29(36)32-10-12-37-13-11-32/h2-7,14,16-17,31H,8-13,15H2,1H3. The number of piperazine rings is 1. The maximum atomic E-state index is 16.0. The van der Waals surface area contributed by atoms with E-state index < -0.39 is 11.2 Å². The van der Waals surface area contributed by atoms with Crippen molar-refractivity contribution in [3.8, 4) is 17.2 Å². The van der Waals surface area contributed by atoms with Gasteiger partial charge in [-0.2, -0.15) is 0 Å². The Balaban J connectivity index is 1.55. The van der Waals surface area contributed by atoms with Gasteiger partial charge in [-0.05, 0) is 24.4 Å². The topological polar surface area (TPSA) is 76.0 Å². The third kappa shape index (κ3) is 3.42. The van der Waals surface area contributed by atoms with Gasteiger partial charge >= 0.3 is 0 Å². The molecule has 0 saturated carbocycles. The Morgan fingerprint density at radius 3 is 2.68 bits per heavy atom. The van der Waals surface area contributed by atoms with Crippen LogP contribution in [0.1, 0.15) is 17.3 Å². The summed E-state index contributed by atoms with van der Waals surface area (Å²) in [5.41, 5.74) is 1.04. The second-order valence-electron chi connectivity index (χ2n) is 10.1. The molecule has 3 aromatic carbocycles. The molecule has 194 valence electrons. The first-order chi connectivity index (χ1) is 18.5. The quantitative estimate of drug-likeness (QED) is 0.388. The number of pyridine rings is 1. The van der Waals surface area contributed by atoms with Gasteiger partial charge in [0.25, 0.3) is 5.91 Å². The summed E-state index contributed by atoms with van der Waals surface area (Å²) in [4.78, 5) is 31.0. The Bertz CT molecular complexity index is 1680. The second-order valence-corrected chi connectivity index (χ2v) is 10.1. The molecular formula is C29H27FN4O4. The number of carbonyl (C=O) groups is 1. The third-order valence-electron chi connectivity index (χ3n) is 7.80. The van der Waals surface area contributed by atoms with Gasteiger partial charge in [-0.3, -0.25) is 9.59 Å². The number of amides is 1. The lowest BCUT2D eigenvalue weighted by Crippen LogP contribution is -2.50. The molecule has 0 aliphatic carbocycles. The van der Waals surface area contributed by atoms with Crippen molar-refractivity contribution >= 4 is 33.3 Å². The predicted octanol–water partition coefficient (Wildman–Crippen LogP) is 3.66.